The number of sulfonamides is 1. The van der Waals surface area contributed by atoms with Crippen molar-refractivity contribution in [3.8, 4) is 0 Å². The number of fused-ring (bicyclic) bond motifs is 1. The number of nitrogens with one attached hydrogen (secondary N) is 1. The summed E-state index contributed by atoms with van der Waals surface area (Å²) < 4.78 is 33.1. The van der Waals surface area contributed by atoms with E-state index in [9.17, 15) is 13.2 Å². The summed E-state index contributed by atoms with van der Waals surface area (Å²) in [5.74, 6) is 0.239. The fraction of sp³-hybridized carbons (Fsp3) is 0.259. The summed E-state index contributed by atoms with van der Waals surface area (Å²) in [6.07, 6.45) is 2.74. The van der Waals surface area contributed by atoms with Crippen LogP contribution in [0.3, 0.4) is 0 Å². The van der Waals surface area contributed by atoms with Gasteiger partial charge in [-0.1, -0.05) is 47.6 Å². The highest BCUT2D eigenvalue weighted by molar-refractivity contribution is 7.89. The van der Waals surface area contributed by atoms with Crippen LogP contribution in [0.4, 0.5) is 5.69 Å². The van der Waals surface area contributed by atoms with Gasteiger partial charge in [0.1, 0.15) is 5.69 Å². The van der Waals surface area contributed by atoms with Crippen molar-refractivity contribution >= 4 is 32.6 Å². The Bertz CT molecular complexity index is 1410. The smallest absolute Gasteiger partial charge is 0.243 e. The van der Waals surface area contributed by atoms with Crippen LogP contribution in [0, 0.1) is 5.92 Å². The van der Waals surface area contributed by atoms with Crippen molar-refractivity contribution in [1.82, 2.24) is 9.46 Å². The van der Waals surface area contributed by atoms with Crippen LogP contribution in [0.25, 0.3) is 11.0 Å². The van der Waals surface area contributed by atoms with Gasteiger partial charge in [-0.3, -0.25) is 4.79 Å². The topological polar surface area (TPSA) is 92.5 Å². The zero-order valence-corrected chi connectivity index (χ0v) is 20.1. The molecule has 180 valence electrons. The molecule has 0 spiro atoms. The lowest BCUT2D eigenvalue weighted by atomic mass is 9.91. The van der Waals surface area contributed by atoms with Crippen LogP contribution < -0.4 is 5.32 Å². The van der Waals surface area contributed by atoms with Gasteiger partial charge in [0.2, 0.25) is 15.9 Å². The summed E-state index contributed by atoms with van der Waals surface area (Å²) in [6, 6.07) is 24.0. The average Bonchev–Trinajstić information content (AvgIpc) is 3.28. The Morgan fingerprint density at radius 1 is 0.943 bits per heavy atom. The monoisotopic (exact) mass is 489 g/mol. The molecule has 1 aliphatic rings. The largest absolute Gasteiger partial charge is 0.356 e. The maximum Gasteiger partial charge on any atom is 0.243 e. The van der Waals surface area contributed by atoms with Crippen LogP contribution >= 0.6 is 0 Å². The maximum atomic E-state index is 13.1. The molecule has 1 aliphatic heterocycles. The maximum absolute atomic E-state index is 13.1. The lowest BCUT2D eigenvalue weighted by molar-refractivity contribution is -0.115. The first-order valence-corrected chi connectivity index (χ1v) is 13.2. The second-order valence-corrected chi connectivity index (χ2v) is 10.8. The number of piperidine rings is 1. The molecule has 2 heterocycles. The van der Waals surface area contributed by atoms with E-state index in [4.69, 9.17) is 4.52 Å². The van der Waals surface area contributed by atoms with Gasteiger partial charge in [0, 0.05) is 24.2 Å². The highest BCUT2D eigenvalue weighted by atomic mass is 32.2. The Kier molecular flexibility index (Phi) is 6.66. The van der Waals surface area contributed by atoms with E-state index in [1.165, 1.54) is 5.56 Å². The molecule has 1 amide bonds. The molecule has 1 aromatic heterocycles. The fourth-order valence-electron chi connectivity index (χ4n) is 4.58. The van der Waals surface area contributed by atoms with Crippen molar-refractivity contribution in [2.75, 3.05) is 18.4 Å². The van der Waals surface area contributed by atoms with E-state index in [1.54, 1.807) is 34.6 Å². The molecular weight excluding hydrogens is 462 g/mol. The predicted molar refractivity (Wildman–Crippen MR) is 134 cm³/mol. The van der Waals surface area contributed by atoms with E-state index in [-0.39, 0.29) is 17.2 Å². The van der Waals surface area contributed by atoms with Crippen molar-refractivity contribution in [1.29, 1.82) is 0 Å². The molecule has 1 fully saturated rings. The SMILES string of the molecule is O=C(Cc1noc2ccccc12)Nc1ccc(S(=O)(=O)N2CCC(Cc3ccccc3)CC2)cc1. The van der Waals surface area contributed by atoms with Crippen LogP contribution in [0.2, 0.25) is 0 Å². The number of aromatic nitrogens is 1. The molecule has 3 aromatic carbocycles. The van der Waals surface area contributed by atoms with Crippen LogP contribution in [0.5, 0.6) is 0 Å². The molecule has 1 N–H and O–H groups in total. The molecule has 4 aromatic rings. The molecule has 7 nitrogen and oxygen atoms in total. The molecule has 0 unspecified atom stereocenters. The zero-order valence-electron chi connectivity index (χ0n) is 19.3. The normalized spacial score (nSPS) is 15.3. The van der Waals surface area contributed by atoms with Gasteiger partial charge in [0.15, 0.2) is 5.58 Å². The number of benzene rings is 3. The van der Waals surface area contributed by atoms with E-state index in [1.807, 2.05) is 36.4 Å². The minimum absolute atomic E-state index is 0.0645. The van der Waals surface area contributed by atoms with Gasteiger partial charge < -0.3 is 9.84 Å². The number of rotatable bonds is 7. The molecule has 0 saturated carbocycles. The molecule has 5 rings (SSSR count). The van der Waals surface area contributed by atoms with Gasteiger partial charge in [-0.2, -0.15) is 4.31 Å². The van der Waals surface area contributed by atoms with Gasteiger partial charge in [0.05, 0.1) is 11.3 Å². The van der Waals surface area contributed by atoms with Crippen molar-refractivity contribution in [3.63, 3.8) is 0 Å². The first-order chi connectivity index (χ1) is 17.0. The summed E-state index contributed by atoms with van der Waals surface area (Å²) in [5.41, 5.74) is 3.02. The lowest BCUT2D eigenvalue weighted by Crippen LogP contribution is -2.38. The molecule has 0 atom stereocenters. The number of carbonyl (C=O) groups excluding carboxylic acids is 1. The first kappa shape index (κ1) is 23.3. The van der Waals surface area contributed by atoms with E-state index in [0.717, 1.165) is 24.6 Å². The Hall–Kier alpha value is -3.49. The zero-order chi connectivity index (χ0) is 24.3. The van der Waals surface area contributed by atoms with Gasteiger partial charge in [-0.05, 0) is 67.1 Å². The van der Waals surface area contributed by atoms with E-state index < -0.39 is 10.0 Å². The summed E-state index contributed by atoms with van der Waals surface area (Å²) in [6.45, 7) is 1.04. The minimum Gasteiger partial charge on any atom is -0.356 e. The van der Waals surface area contributed by atoms with Gasteiger partial charge in [0.25, 0.3) is 0 Å². The average molecular weight is 490 g/mol. The van der Waals surface area contributed by atoms with Crippen molar-refractivity contribution in [3.05, 3.63) is 90.1 Å². The van der Waals surface area contributed by atoms with Crippen molar-refractivity contribution < 1.29 is 17.7 Å². The molecule has 0 bridgehead atoms. The Balaban J connectivity index is 1.17. The Morgan fingerprint density at radius 3 is 2.37 bits per heavy atom. The lowest BCUT2D eigenvalue weighted by Gasteiger charge is -2.31. The summed E-state index contributed by atoms with van der Waals surface area (Å²) in [7, 11) is -3.57. The van der Waals surface area contributed by atoms with Gasteiger partial charge in [-0.25, -0.2) is 8.42 Å². The predicted octanol–water partition coefficient (Wildman–Crippen LogP) is 4.65. The number of carbonyl (C=O) groups is 1. The van der Waals surface area contributed by atoms with Crippen LogP contribution in [-0.2, 0) is 27.7 Å². The number of amides is 1. The molecular formula is C27H27N3O4S. The molecule has 0 aliphatic carbocycles. The number of anilines is 1. The summed E-state index contributed by atoms with van der Waals surface area (Å²) in [4.78, 5) is 12.7. The summed E-state index contributed by atoms with van der Waals surface area (Å²) in [5, 5.41) is 7.59. The van der Waals surface area contributed by atoms with E-state index >= 15 is 0 Å². The van der Waals surface area contributed by atoms with Crippen LogP contribution in [0.1, 0.15) is 24.1 Å². The number of hydrogen-bond donors (Lipinski definition) is 1. The highest BCUT2D eigenvalue weighted by Crippen LogP contribution is 2.27. The fourth-order valence-corrected chi connectivity index (χ4v) is 6.05. The Morgan fingerprint density at radius 2 is 1.63 bits per heavy atom. The second kappa shape index (κ2) is 10.0. The first-order valence-electron chi connectivity index (χ1n) is 11.8. The number of hydrogen-bond acceptors (Lipinski definition) is 5. The molecule has 35 heavy (non-hydrogen) atoms. The molecule has 8 heteroatoms. The minimum atomic E-state index is -3.57. The van der Waals surface area contributed by atoms with Crippen LogP contribution in [0.15, 0.2) is 88.3 Å². The van der Waals surface area contributed by atoms with Gasteiger partial charge in [-0.15, -0.1) is 0 Å². The molecule has 1 saturated heterocycles. The van der Waals surface area contributed by atoms with Crippen molar-refractivity contribution in [2.45, 2.75) is 30.6 Å². The number of para-hydroxylation sites is 1. The second-order valence-electron chi connectivity index (χ2n) is 8.91. The standard InChI is InChI=1S/C27H27N3O4S/c31-27(19-25-24-8-4-5-9-26(24)34-29-25)28-22-10-12-23(13-11-22)35(32,33)30-16-14-21(15-17-30)18-20-6-2-1-3-7-20/h1-13,21H,14-19H2,(H,28,31). The summed E-state index contributed by atoms with van der Waals surface area (Å²) >= 11 is 0. The van der Waals surface area contributed by atoms with Crippen molar-refractivity contribution in [2.24, 2.45) is 5.92 Å². The van der Waals surface area contributed by atoms with Crippen LogP contribution in [-0.4, -0.2) is 36.9 Å². The van der Waals surface area contributed by atoms with E-state index in [0.29, 0.717) is 36.0 Å². The number of nitrogens with zero attached hydrogens (tertiary/aromatic N) is 2. The molecule has 0 radical (unpaired) electrons. The Labute approximate surface area is 204 Å². The van der Waals surface area contributed by atoms with E-state index in [2.05, 4.69) is 22.6 Å². The highest BCUT2D eigenvalue weighted by Gasteiger charge is 2.29. The third kappa shape index (κ3) is 5.28. The third-order valence-electron chi connectivity index (χ3n) is 6.50. The third-order valence-corrected chi connectivity index (χ3v) is 8.41. The van der Waals surface area contributed by atoms with Gasteiger partial charge >= 0.3 is 0 Å². The quantitative estimate of drug-likeness (QED) is 0.408.